The van der Waals surface area contributed by atoms with Crippen LogP contribution in [0.1, 0.15) is 206 Å². The molecule has 9 heteroatoms. The molecule has 0 saturated carbocycles. The van der Waals surface area contributed by atoms with Gasteiger partial charge in [0, 0.05) is 12.8 Å². The van der Waals surface area contributed by atoms with Gasteiger partial charge in [-0.2, -0.15) is 0 Å². The first-order valence-corrected chi connectivity index (χ1v) is 21.5. The third-order valence-electron chi connectivity index (χ3n) is 10.3. The van der Waals surface area contributed by atoms with Crippen LogP contribution in [0.5, 0.6) is 0 Å². The number of carboxylic acids is 2. The molecule has 0 aromatic rings. The lowest BCUT2D eigenvalue weighted by Crippen LogP contribution is -2.61. The fraction of sp³-hybridized carbons (Fsp3) is 0.905. The number of carbonyl (C=O) groups is 4. The number of hydrogen-bond acceptors (Lipinski definition) is 5. The highest BCUT2D eigenvalue weighted by atomic mass is 16.4. The van der Waals surface area contributed by atoms with Crippen molar-refractivity contribution in [2.24, 2.45) is 0 Å². The van der Waals surface area contributed by atoms with E-state index in [1.165, 1.54) is 141 Å². The zero-order valence-corrected chi connectivity index (χ0v) is 33.4. The summed E-state index contributed by atoms with van der Waals surface area (Å²) in [5, 5.41) is 26.9. The molecule has 0 aliphatic heterocycles. The van der Waals surface area contributed by atoms with E-state index in [4.69, 9.17) is 0 Å². The number of nitrogens with zero attached hydrogens (tertiary/aromatic N) is 1. The molecule has 0 spiro atoms. The molecule has 0 fully saturated rings. The molecule has 0 heterocycles. The van der Waals surface area contributed by atoms with Crippen LogP contribution >= 0.6 is 0 Å². The maximum absolute atomic E-state index is 12.5. The predicted molar refractivity (Wildman–Crippen MR) is 208 cm³/mol. The van der Waals surface area contributed by atoms with Gasteiger partial charge in [0.25, 0.3) is 0 Å². The summed E-state index contributed by atoms with van der Waals surface area (Å²) in [6, 6.07) is 0. The van der Waals surface area contributed by atoms with Crippen molar-refractivity contribution in [1.82, 2.24) is 10.6 Å². The molecule has 0 aliphatic carbocycles. The Morgan fingerprint density at radius 3 is 0.980 bits per heavy atom. The van der Waals surface area contributed by atoms with Gasteiger partial charge < -0.3 is 30.1 Å². The van der Waals surface area contributed by atoms with Crippen LogP contribution in [0, 0.1) is 0 Å². The second kappa shape index (κ2) is 36.2. The molecule has 51 heavy (non-hydrogen) atoms. The molecule has 3 N–H and O–H groups in total. The van der Waals surface area contributed by atoms with Gasteiger partial charge in [0.15, 0.2) is 6.54 Å². The van der Waals surface area contributed by atoms with E-state index in [0.29, 0.717) is 12.8 Å². The zero-order chi connectivity index (χ0) is 37.7. The minimum absolute atomic E-state index is 0.0994. The van der Waals surface area contributed by atoms with E-state index in [2.05, 4.69) is 24.5 Å². The third-order valence-corrected chi connectivity index (χ3v) is 10.3. The zero-order valence-electron chi connectivity index (χ0n) is 33.4. The molecule has 9 nitrogen and oxygen atoms in total. The van der Waals surface area contributed by atoms with Crippen molar-refractivity contribution in [3.63, 3.8) is 0 Å². The van der Waals surface area contributed by atoms with Crippen molar-refractivity contribution in [1.29, 1.82) is 0 Å². The smallest absolute Gasteiger partial charge is 0.359 e. The average molecular weight is 724 g/mol. The molecule has 300 valence electrons. The van der Waals surface area contributed by atoms with Crippen molar-refractivity contribution in [2.75, 3.05) is 39.3 Å². The summed E-state index contributed by atoms with van der Waals surface area (Å²) < 4.78 is -0.296. The van der Waals surface area contributed by atoms with E-state index in [-0.39, 0.29) is 42.5 Å². The van der Waals surface area contributed by atoms with Crippen LogP contribution in [0.3, 0.4) is 0 Å². The lowest BCUT2D eigenvalue weighted by atomic mass is 10.0. The molecule has 2 amide bonds. The van der Waals surface area contributed by atoms with Gasteiger partial charge >= 0.3 is 5.97 Å². The van der Waals surface area contributed by atoms with Gasteiger partial charge in [-0.15, -0.1) is 0 Å². The maximum Gasteiger partial charge on any atom is 0.359 e. The number of unbranched alkanes of at least 4 members (excludes halogenated alkanes) is 26. The predicted octanol–water partition coefficient (Wildman–Crippen LogP) is 8.61. The molecule has 0 saturated heterocycles. The molecular formula is C42H81N3O6. The van der Waals surface area contributed by atoms with Gasteiger partial charge in [0.05, 0.1) is 32.1 Å². The summed E-state index contributed by atoms with van der Waals surface area (Å²) in [6.45, 7) is 4.21. The Balaban J connectivity index is 4.14. The first-order chi connectivity index (χ1) is 24.7. The van der Waals surface area contributed by atoms with Crippen molar-refractivity contribution in [3.8, 4) is 0 Å². The van der Waals surface area contributed by atoms with E-state index in [0.717, 1.165) is 38.5 Å². The lowest BCUT2D eigenvalue weighted by Gasteiger charge is -2.37. The van der Waals surface area contributed by atoms with Crippen LogP contribution in [0.4, 0.5) is 0 Å². The van der Waals surface area contributed by atoms with Crippen LogP contribution in [0.25, 0.3) is 0 Å². The molecule has 1 atom stereocenters. The molecule has 0 aromatic carbocycles. The molecular weight excluding hydrogens is 642 g/mol. The van der Waals surface area contributed by atoms with E-state index in [1.54, 1.807) is 0 Å². The Morgan fingerprint density at radius 2 is 0.725 bits per heavy atom. The minimum atomic E-state index is -1.35. The molecule has 0 rings (SSSR count). The number of quaternary nitrogens is 1. The quantitative estimate of drug-likeness (QED) is 0.0428. The van der Waals surface area contributed by atoms with E-state index >= 15 is 0 Å². The van der Waals surface area contributed by atoms with Crippen LogP contribution in [0.15, 0.2) is 0 Å². The van der Waals surface area contributed by atoms with E-state index in [9.17, 15) is 29.4 Å². The molecule has 0 bridgehead atoms. The van der Waals surface area contributed by atoms with Gasteiger partial charge in [-0.1, -0.05) is 181 Å². The normalized spacial score (nSPS) is 12.4. The largest absolute Gasteiger partial charge is 0.544 e. The number of aliphatic carboxylic acids is 2. The highest BCUT2D eigenvalue weighted by Gasteiger charge is 2.31. The fourth-order valence-corrected chi connectivity index (χ4v) is 7.05. The highest BCUT2D eigenvalue weighted by Crippen LogP contribution is 2.15. The second-order valence-electron chi connectivity index (χ2n) is 15.3. The second-order valence-corrected chi connectivity index (χ2v) is 15.3. The van der Waals surface area contributed by atoms with Crippen LogP contribution < -0.4 is 15.7 Å². The number of rotatable bonds is 40. The van der Waals surface area contributed by atoms with Crippen molar-refractivity contribution >= 4 is 23.8 Å². The monoisotopic (exact) mass is 724 g/mol. The SMILES string of the molecule is CCCCCCCCCCCCCCCCCC(=O)NCC[N+](CCNC(=O)CCCCCCCCCCCCCCC)(CC(=O)[O-])CC(=O)O. The number of carboxylic acid groups (broad SMARTS) is 2. The van der Waals surface area contributed by atoms with Crippen LogP contribution in [0.2, 0.25) is 0 Å². The summed E-state index contributed by atoms with van der Waals surface area (Å²) in [4.78, 5) is 48.2. The van der Waals surface area contributed by atoms with Gasteiger partial charge in [-0.05, 0) is 12.8 Å². The number of hydrogen-bond donors (Lipinski definition) is 3. The minimum Gasteiger partial charge on any atom is -0.544 e. The van der Waals surface area contributed by atoms with Crippen molar-refractivity contribution in [2.45, 2.75) is 206 Å². The summed E-state index contributed by atoms with van der Waals surface area (Å²) in [5.74, 6) is -2.67. The van der Waals surface area contributed by atoms with Crippen molar-refractivity contribution in [3.05, 3.63) is 0 Å². The summed E-state index contributed by atoms with van der Waals surface area (Å²) in [7, 11) is 0. The van der Waals surface area contributed by atoms with Gasteiger partial charge in [0.2, 0.25) is 11.8 Å². The summed E-state index contributed by atoms with van der Waals surface area (Å²) in [5.41, 5.74) is 0. The molecule has 1 unspecified atom stereocenters. The number of amides is 2. The van der Waals surface area contributed by atoms with Crippen LogP contribution in [-0.2, 0) is 19.2 Å². The van der Waals surface area contributed by atoms with Gasteiger partial charge in [0.1, 0.15) is 6.54 Å². The van der Waals surface area contributed by atoms with E-state index < -0.39 is 25.0 Å². The third kappa shape index (κ3) is 34.7. The number of carbonyl (C=O) groups excluding carboxylic acids is 3. The fourth-order valence-electron chi connectivity index (χ4n) is 7.05. The Bertz CT molecular complexity index is 836. The maximum atomic E-state index is 12.5. The molecule has 0 radical (unpaired) electrons. The Hall–Kier alpha value is -2.16. The topological polar surface area (TPSA) is 136 Å². The molecule has 0 aromatic heterocycles. The van der Waals surface area contributed by atoms with E-state index in [1.807, 2.05) is 0 Å². The summed E-state index contributed by atoms with van der Waals surface area (Å²) in [6.07, 6.45) is 35.8. The van der Waals surface area contributed by atoms with Crippen molar-refractivity contribution < 1.29 is 33.9 Å². The lowest BCUT2D eigenvalue weighted by molar-refractivity contribution is -0.913. The van der Waals surface area contributed by atoms with Gasteiger partial charge in [-0.25, -0.2) is 4.79 Å². The molecule has 0 aliphatic rings. The van der Waals surface area contributed by atoms with Crippen LogP contribution in [-0.4, -0.2) is 72.6 Å². The standard InChI is InChI=1S/C42H81N3O6/c1-3-5-7-9-11-13-15-17-18-20-22-24-26-28-30-32-40(47)44-34-36-45(37-41(48)49,38-42(50)51)35-33-43-39(46)31-29-27-25-23-21-19-16-14-12-10-8-6-4-2/h3-38H2,1-2H3,(H3-,43,44,46,47,48,49,50,51). The highest BCUT2D eigenvalue weighted by molar-refractivity contribution is 5.76. The Morgan fingerprint density at radius 1 is 0.451 bits per heavy atom. The first kappa shape index (κ1) is 48.8. The average Bonchev–Trinajstić information content (AvgIpc) is 3.08. The number of nitrogens with one attached hydrogen (secondary N) is 2. The Labute approximate surface area is 313 Å². The van der Waals surface area contributed by atoms with Gasteiger partial charge in [-0.3, -0.25) is 9.59 Å². The Kier molecular flexibility index (Phi) is 34.7. The first-order valence-electron chi connectivity index (χ1n) is 21.5. The summed E-state index contributed by atoms with van der Waals surface area (Å²) >= 11 is 0.